The molecule has 1 atom stereocenters. The fourth-order valence-corrected chi connectivity index (χ4v) is 6.72. The van der Waals surface area contributed by atoms with Crippen LogP contribution in [0, 0.1) is 5.82 Å². The molecule has 33 heavy (non-hydrogen) atoms. The summed E-state index contributed by atoms with van der Waals surface area (Å²) in [5.74, 6) is -0.458. The molecule has 1 amide bonds. The van der Waals surface area contributed by atoms with E-state index in [9.17, 15) is 17.6 Å². The molecular formula is C25H30FN3O3S. The molecule has 1 aliphatic carbocycles. The molecule has 3 aliphatic rings. The number of hydrogen-bond donors (Lipinski definition) is 1. The summed E-state index contributed by atoms with van der Waals surface area (Å²) in [6.07, 6.45) is 4.87. The van der Waals surface area contributed by atoms with Gasteiger partial charge in [-0.2, -0.15) is 4.31 Å². The third kappa shape index (κ3) is 4.83. The molecule has 8 heteroatoms. The number of piperidine rings is 1. The molecule has 2 aromatic rings. The topological polar surface area (TPSA) is 69.7 Å². The monoisotopic (exact) mass is 471 g/mol. The average molecular weight is 472 g/mol. The average Bonchev–Trinajstić information content (AvgIpc) is 3.63. The first kappa shape index (κ1) is 22.5. The predicted octanol–water partition coefficient (Wildman–Crippen LogP) is 3.25. The highest BCUT2D eigenvalue weighted by Gasteiger charge is 2.38. The van der Waals surface area contributed by atoms with Gasteiger partial charge in [-0.1, -0.05) is 30.3 Å². The summed E-state index contributed by atoms with van der Waals surface area (Å²) in [6.45, 7) is 1.64. The molecule has 0 aromatic heterocycles. The molecular weight excluding hydrogens is 441 g/mol. The number of amides is 1. The zero-order chi connectivity index (χ0) is 23.0. The second-order valence-electron chi connectivity index (χ2n) is 9.34. The van der Waals surface area contributed by atoms with Crippen LogP contribution < -0.4 is 5.32 Å². The van der Waals surface area contributed by atoms with Crippen LogP contribution in [-0.4, -0.2) is 55.2 Å². The van der Waals surface area contributed by atoms with Gasteiger partial charge in [-0.15, -0.1) is 0 Å². The number of carbonyl (C=O) groups excluding carboxylic acids is 1. The Labute approximate surface area is 194 Å². The summed E-state index contributed by atoms with van der Waals surface area (Å²) in [4.78, 5) is 15.1. The minimum atomic E-state index is -3.72. The van der Waals surface area contributed by atoms with Gasteiger partial charge in [0.05, 0.1) is 4.90 Å². The van der Waals surface area contributed by atoms with Gasteiger partial charge in [0.15, 0.2) is 0 Å². The Morgan fingerprint density at radius 2 is 1.76 bits per heavy atom. The molecule has 0 bridgehead atoms. The van der Waals surface area contributed by atoms with Crippen molar-refractivity contribution in [2.24, 2.45) is 0 Å². The van der Waals surface area contributed by atoms with Crippen LogP contribution in [0.2, 0.25) is 0 Å². The van der Waals surface area contributed by atoms with Gasteiger partial charge in [-0.3, -0.25) is 9.69 Å². The van der Waals surface area contributed by atoms with E-state index in [0.29, 0.717) is 38.4 Å². The molecule has 2 aliphatic heterocycles. The van der Waals surface area contributed by atoms with Crippen molar-refractivity contribution in [1.82, 2.24) is 14.5 Å². The maximum atomic E-state index is 13.6. The molecule has 5 rings (SSSR count). The van der Waals surface area contributed by atoms with Gasteiger partial charge < -0.3 is 5.32 Å². The Balaban J connectivity index is 1.30. The van der Waals surface area contributed by atoms with Crippen molar-refractivity contribution in [2.45, 2.75) is 61.5 Å². The van der Waals surface area contributed by atoms with E-state index in [4.69, 9.17) is 0 Å². The SMILES string of the molecule is O=C(CC1c2ccccc2CCN1C1CCN(S(=O)(=O)c2cccc(F)c2)CC1)NC1CC1. The first-order valence-electron chi connectivity index (χ1n) is 11.8. The lowest BCUT2D eigenvalue weighted by Gasteiger charge is -2.45. The molecule has 1 saturated carbocycles. The van der Waals surface area contributed by atoms with Crippen molar-refractivity contribution in [1.29, 1.82) is 0 Å². The van der Waals surface area contributed by atoms with E-state index in [1.54, 1.807) is 0 Å². The van der Waals surface area contributed by atoms with Gasteiger partial charge in [0.2, 0.25) is 15.9 Å². The Morgan fingerprint density at radius 1 is 1.00 bits per heavy atom. The molecule has 2 aromatic carbocycles. The zero-order valence-electron chi connectivity index (χ0n) is 18.6. The van der Waals surface area contributed by atoms with E-state index in [2.05, 4.69) is 22.3 Å². The van der Waals surface area contributed by atoms with Gasteiger partial charge in [0.25, 0.3) is 0 Å². The molecule has 176 valence electrons. The highest BCUT2D eigenvalue weighted by molar-refractivity contribution is 7.89. The van der Waals surface area contributed by atoms with Crippen LogP contribution >= 0.6 is 0 Å². The number of carbonyl (C=O) groups is 1. The fraction of sp³-hybridized carbons (Fsp3) is 0.480. The zero-order valence-corrected chi connectivity index (χ0v) is 19.4. The van der Waals surface area contributed by atoms with E-state index >= 15 is 0 Å². The molecule has 2 fully saturated rings. The van der Waals surface area contributed by atoms with E-state index in [0.717, 1.165) is 31.9 Å². The molecule has 0 spiro atoms. The van der Waals surface area contributed by atoms with Gasteiger partial charge in [-0.25, -0.2) is 12.8 Å². The first-order chi connectivity index (χ1) is 15.9. The summed E-state index contributed by atoms with van der Waals surface area (Å²) in [6, 6.07) is 14.1. The van der Waals surface area contributed by atoms with Crippen molar-refractivity contribution in [3.8, 4) is 0 Å². The summed E-state index contributed by atoms with van der Waals surface area (Å²) in [5.41, 5.74) is 2.51. The first-order valence-corrected chi connectivity index (χ1v) is 13.2. The second-order valence-corrected chi connectivity index (χ2v) is 11.3. The fourth-order valence-electron chi connectivity index (χ4n) is 5.22. The Hall–Kier alpha value is -2.29. The highest BCUT2D eigenvalue weighted by Crippen LogP contribution is 2.37. The van der Waals surface area contributed by atoms with Crippen LogP contribution in [0.5, 0.6) is 0 Å². The van der Waals surface area contributed by atoms with Crippen molar-refractivity contribution in [3.63, 3.8) is 0 Å². The van der Waals surface area contributed by atoms with Crippen molar-refractivity contribution in [3.05, 3.63) is 65.5 Å². The molecule has 1 N–H and O–H groups in total. The Kier molecular flexibility index (Phi) is 6.24. The Morgan fingerprint density at radius 3 is 2.48 bits per heavy atom. The number of halogens is 1. The van der Waals surface area contributed by atoms with Crippen LogP contribution in [0.4, 0.5) is 4.39 Å². The van der Waals surface area contributed by atoms with Crippen LogP contribution in [0.3, 0.4) is 0 Å². The van der Waals surface area contributed by atoms with E-state index in [1.165, 1.54) is 33.6 Å². The van der Waals surface area contributed by atoms with Crippen LogP contribution in [0.25, 0.3) is 0 Å². The van der Waals surface area contributed by atoms with Crippen molar-refractivity contribution in [2.75, 3.05) is 19.6 Å². The minimum Gasteiger partial charge on any atom is -0.353 e. The smallest absolute Gasteiger partial charge is 0.243 e. The standard InChI is InChI=1S/C25H30FN3O3S/c26-19-5-3-6-22(16-19)33(31,32)28-13-11-21(12-14-28)29-15-10-18-4-1-2-7-23(18)24(29)17-25(30)27-20-8-9-20/h1-7,16,20-21,24H,8-15,17H2,(H,27,30). The highest BCUT2D eigenvalue weighted by atomic mass is 32.2. The lowest BCUT2D eigenvalue weighted by Crippen LogP contribution is -2.50. The van der Waals surface area contributed by atoms with E-state index < -0.39 is 15.8 Å². The lowest BCUT2D eigenvalue weighted by molar-refractivity contribution is -0.123. The van der Waals surface area contributed by atoms with Crippen LogP contribution in [-0.2, 0) is 21.2 Å². The largest absolute Gasteiger partial charge is 0.353 e. The van der Waals surface area contributed by atoms with Crippen molar-refractivity contribution < 1.29 is 17.6 Å². The van der Waals surface area contributed by atoms with Gasteiger partial charge in [0.1, 0.15) is 5.82 Å². The maximum absolute atomic E-state index is 13.6. The van der Waals surface area contributed by atoms with Gasteiger partial charge in [-0.05, 0) is 61.4 Å². The summed E-state index contributed by atoms with van der Waals surface area (Å²) in [5, 5.41) is 3.12. The van der Waals surface area contributed by atoms with E-state index in [-0.39, 0.29) is 22.9 Å². The van der Waals surface area contributed by atoms with E-state index in [1.807, 2.05) is 12.1 Å². The predicted molar refractivity (Wildman–Crippen MR) is 124 cm³/mol. The molecule has 1 saturated heterocycles. The third-order valence-electron chi connectivity index (χ3n) is 7.10. The van der Waals surface area contributed by atoms with Crippen LogP contribution in [0.15, 0.2) is 53.4 Å². The number of benzene rings is 2. The van der Waals surface area contributed by atoms with Crippen LogP contribution in [0.1, 0.15) is 49.3 Å². The molecule has 2 heterocycles. The molecule has 1 unspecified atom stereocenters. The Bertz CT molecular complexity index is 1130. The second kappa shape index (κ2) is 9.16. The molecule has 0 radical (unpaired) electrons. The summed E-state index contributed by atoms with van der Waals surface area (Å²) < 4.78 is 41.1. The number of sulfonamides is 1. The number of rotatable bonds is 6. The van der Waals surface area contributed by atoms with Crippen molar-refractivity contribution >= 4 is 15.9 Å². The number of nitrogens with one attached hydrogen (secondary N) is 1. The lowest BCUT2D eigenvalue weighted by atomic mass is 9.88. The normalized spacial score (nSPS) is 22.6. The number of fused-ring (bicyclic) bond motifs is 1. The summed E-state index contributed by atoms with van der Waals surface area (Å²) in [7, 11) is -3.72. The summed E-state index contributed by atoms with van der Waals surface area (Å²) >= 11 is 0. The minimum absolute atomic E-state index is 0.00229. The maximum Gasteiger partial charge on any atom is 0.243 e. The quantitative estimate of drug-likeness (QED) is 0.702. The van der Waals surface area contributed by atoms with Gasteiger partial charge >= 0.3 is 0 Å². The third-order valence-corrected chi connectivity index (χ3v) is 9.00. The van der Waals surface area contributed by atoms with Gasteiger partial charge in [0, 0.05) is 44.2 Å². The molecule has 6 nitrogen and oxygen atoms in total. The number of hydrogen-bond acceptors (Lipinski definition) is 4. The number of nitrogens with zero attached hydrogens (tertiary/aromatic N) is 2.